The molecule has 0 aliphatic rings. The molecule has 0 fully saturated rings. The second-order valence-electron chi connectivity index (χ2n) is 3.39. The Hall–Kier alpha value is -1.46. The summed E-state index contributed by atoms with van der Waals surface area (Å²) in [6.45, 7) is -0.320. The summed E-state index contributed by atoms with van der Waals surface area (Å²) in [7, 11) is 0. The van der Waals surface area contributed by atoms with Crippen LogP contribution in [0.15, 0.2) is 30.3 Å². The zero-order valence-electron chi connectivity index (χ0n) is 8.95. The van der Waals surface area contributed by atoms with Crippen molar-refractivity contribution in [2.45, 2.75) is 0 Å². The Kier molecular flexibility index (Phi) is 3.93. The van der Waals surface area contributed by atoms with Crippen LogP contribution in [0.1, 0.15) is 9.67 Å². The van der Waals surface area contributed by atoms with Gasteiger partial charge < -0.3 is 4.74 Å². The molecule has 1 aromatic heterocycles. The maximum absolute atomic E-state index is 13.2. The Morgan fingerprint density at radius 1 is 1.28 bits per heavy atom. The van der Waals surface area contributed by atoms with Gasteiger partial charge in [0.1, 0.15) is 5.82 Å². The number of hydrogen-bond acceptors (Lipinski definition) is 3. The number of hydrogen-bond donors (Lipinski definition) is 0. The second-order valence-corrected chi connectivity index (χ2v) is 5.11. The van der Waals surface area contributed by atoms with Crippen LogP contribution < -0.4 is 4.74 Å². The zero-order valence-corrected chi connectivity index (χ0v) is 10.5. The van der Waals surface area contributed by atoms with Crippen LogP contribution in [-0.4, -0.2) is 12.4 Å². The molecule has 0 spiro atoms. The van der Waals surface area contributed by atoms with Crippen molar-refractivity contribution < 1.29 is 18.3 Å². The standard InChI is InChI=1S/C12H7ClF2O2S/c13-12-4-3-11(18-12)9(16)6-17-10-2-1-7(14)5-8(10)15/h1-5H,6H2. The van der Waals surface area contributed by atoms with E-state index in [0.29, 0.717) is 15.3 Å². The first-order valence-corrected chi connectivity index (χ1v) is 6.12. The Morgan fingerprint density at radius 3 is 2.67 bits per heavy atom. The molecule has 0 aliphatic heterocycles. The van der Waals surface area contributed by atoms with E-state index >= 15 is 0 Å². The number of halogens is 3. The normalized spacial score (nSPS) is 10.4. The van der Waals surface area contributed by atoms with Crippen LogP contribution in [0.5, 0.6) is 5.75 Å². The minimum absolute atomic E-state index is 0.160. The molecule has 6 heteroatoms. The van der Waals surface area contributed by atoms with E-state index < -0.39 is 11.6 Å². The summed E-state index contributed by atoms with van der Waals surface area (Å²) in [5, 5.41) is 0. The van der Waals surface area contributed by atoms with Gasteiger partial charge in [0.25, 0.3) is 0 Å². The van der Waals surface area contributed by atoms with E-state index in [0.717, 1.165) is 23.5 Å². The summed E-state index contributed by atoms with van der Waals surface area (Å²) >= 11 is 6.81. The Balaban J connectivity index is 2.01. The fraction of sp³-hybridized carbons (Fsp3) is 0.0833. The highest BCUT2D eigenvalue weighted by atomic mass is 35.5. The van der Waals surface area contributed by atoms with E-state index in [1.54, 1.807) is 12.1 Å². The molecule has 94 valence electrons. The molecule has 2 rings (SSSR count). The third kappa shape index (κ3) is 3.05. The summed E-state index contributed by atoms with van der Waals surface area (Å²) in [6, 6.07) is 6.06. The second kappa shape index (κ2) is 5.46. The van der Waals surface area contributed by atoms with Gasteiger partial charge in [-0.25, -0.2) is 8.78 Å². The van der Waals surface area contributed by atoms with E-state index in [9.17, 15) is 13.6 Å². The number of rotatable bonds is 4. The third-order valence-corrected chi connectivity index (χ3v) is 3.37. The lowest BCUT2D eigenvalue weighted by molar-refractivity contribution is 0.0923. The molecule has 0 aliphatic carbocycles. The van der Waals surface area contributed by atoms with Crippen LogP contribution in [0.2, 0.25) is 4.34 Å². The van der Waals surface area contributed by atoms with Crippen molar-refractivity contribution in [1.82, 2.24) is 0 Å². The van der Waals surface area contributed by atoms with Gasteiger partial charge in [0.05, 0.1) is 9.21 Å². The molecule has 0 radical (unpaired) electrons. The van der Waals surface area contributed by atoms with E-state index in [1.165, 1.54) is 0 Å². The lowest BCUT2D eigenvalue weighted by Crippen LogP contribution is -2.10. The topological polar surface area (TPSA) is 26.3 Å². The predicted octanol–water partition coefficient (Wildman–Crippen LogP) is 3.94. The maximum Gasteiger partial charge on any atom is 0.210 e. The van der Waals surface area contributed by atoms with Crippen molar-refractivity contribution in [3.63, 3.8) is 0 Å². The van der Waals surface area contributed by atoms with Crippen molar-refractivity contribution in [1.29, 1.82) is 0 Å². The molecule has 0 bridgehead atoms. The minimum Gasteiger partial charge on any atom is -0.482 e. The number of ether oxygens (including phenoxy) is 1. The Labute approximate surface area is 111 Å². The number of Topliss-reactive ketones (excluding diaryl/α,β-unsaturated/α-hetero) is 1. The predicted molar refractivity (Wildman–Crippen MR) is 65.5 cm³/mol. The van der Waals surface area contributed by atoms with Gasteiger partial charge in [0.15, 0.2) is 18.2 Å². The Morgan fingerprint density at radius 2 is 2.06 bits per heavy atom. The third-order valence-electron chi connectivity index (χ3n) is 2.10. The highest BCUT2D eigenvalue weighted by molar-refractivity contribution is 7.18. The lowest BCUT2D eigenvalue weighted by Gasteiger charge is -2.05. The summed E-state index contributed by atoms with van der Waals surface area (Å²) < 4.78 is 31.3. The minimum atomic E-state index is -0.841. The Bertz CT molecular complexity index is 583. The van der Waals surface area contributed by atoms with Gasteiger partial charge >= 0.3 is 0 Å². The molecular weight excluding hydrogens is 282 g/mol. The molecule has 2 aromatic rings. The molecule has 1 heterocycles. The van der Waals surface area contributed by atoms with Crippen LogP contribution in [-0.2, 0) is 0 Å². The molecule has 0 N–H and O–H groups in total. The lowest BCUT2D eigenvalue weighted by atomic mass is 10.3. The molecule has 0 atom stereocenters. The molecule has 2 nitrogen and oxygen atoms in total. The number of carbonyl (C=O) groups is 1. The number of thiophene rings is 1. The van der Waals surface area contributed by atoms with Crippen LogP contribution in [0.4, 0.5) is 8.78 Å². The quantitative estimate of drug-likeness (QED) is 0.797. The first-order valence-electron chi connectivity index (χ1n) is 4.92. The fourth-order valence-corrected chi connectivity index (χ4v) is 2.24. The highest BCUT2D eigenvalue weighted by Gasteiger charge is 2.11. The largest absolute Gasteiger partial charge is 0.482 e. The molecular formula is C12H7ClF2O2S. The smallest absolute Gasteiger partial charge is 0.210 e. The average Bonchev–Trinajstić information content (AvgIpc) is 2.74. The van der Waals surface area contributed by atoms with Gasteiger partial charge in [0.2, 0.25) is 5.78 Å². The van der Waals surface area contributed by atoms with Crippen LogP contribution in [0, 0.1) is 11.6 Å². The molecule has 0 unspecified atom stereocenters. The molecule has 18 heavy (non-hydrogen) atoms. The van der Waals surface area contributed by atoms with Gasteiger partial charge in [-0.1, -0.05) is 11.6 Å². The average molecular weight is 289 g/mol. The van der Waals surface area contributed by atoms with Gasteiger partial charge in [-0.2, -0.15) is 0 Å². The first-order chi connectivity index (χ1) is 8.56. The summed E-state index contributed by atoms with van der Waals surface area (Å²) in [5.41, 5.74) is 0. The summed E-state index contributed by atoms with van der Waals surface area (Å²) in [4.78, 5) is 12.1. The molecule has 0 saturated carbocycles. The van der Waals surface area contributed by atoms with Crippen molar-refractivity contribution in [2.24, 2.45) is 0 Å². The van der Waals surface area contributed by atoms with Crippen molar-refractivity contribution in [3.8, 4) is 5.75 Å². The van der Waals surface area contributed by atoms with E-state index in [4.69, 9.17) is 16.3 Å². The monoisotopic (exact) mass is 288 g/mol. The highest BCUT2D eigenvalue weighted by Crippen LogP contribution is 2.22. The van der Waals surface area contributed by atoms with Gasteiger partial charge in [-0.05, 0) is 24.3 Å². The van der Waals surface area contributed by atoms with Gasteiger partial charge in [-0.15, -0.1) is 11.3 Å². The van der Waals surface area contributed by atoms with Crippen molar-refractivity contribution >= 4 is 28.7 Å². The van der Waals surface area contributed by atoms with E-state index in [-0.39, 0.29) is 18.1 Å². The molecule has 0 amide bonds. The summed E-state index contributed by atoms with van der Waals surface area (Å²) in [5.74, 6) is -2.01. The number of carbonyl (C=O) groups excluding carboxylic acids is 1. The maximum atomic E-state index is 13.2. The van der Waals surface area contributed by atoms with Crippen LogP contribution >= 0.6 is 22.9 Å². The van der Waals surface area contributed by atoms with E-state index in [2.05, 4.69) is 0 Å². The van der Waals surface area contributed by atoms with Gasteiger partial charge in [-0.3, -0.25) is 4.79 Å². The number of benzene rings is 1. The molecule has 1 aromatic carbocycles. The zero-order chi connectivity index (χ0) is 13.1. The van der Waals surface area contributed by atoms with E-state index in [1.807, 2.05) is 0 Å². The van der Waals surface area contributed by atoms with Crippen LogP contribution in [0.25, 0.3) is 0 Å². The van der Waals surface area contributed by atoms with Crippen LogP contribution in [0.3, 0.4) is 0 Å². The fourth-order valence-electron chi connectivity index (χ4n) is 1.27. The van der Waals surface area contributed by atoms with Crippen molar-refractivity contribution in [2.75, 3.05) is 6.61 Å². The van der Waals surface area contributed by atoms with Crippen molar-refractivity contribution in [3.05, 3.63) is 51.2 Å². The first kappa shape index (κ1) is 13.0. The number of ketones is 1. The summed E-state index contributed by atoms with van der Waals surface area (Å²) in [6.07, 6.45) is 0. The molecule has 0 saturated heterocycles. The van der Waals surface area contributed by atoms with Gasteiger partial charge in [0, 0.05) is 6.07 Å². The SMILES string of the molecule is O=C(COc1ccc(F)cc1F)c1ccc(Cl)s1.